The first-order valence-electron chi connectivity index (χ1n) is 12.3. The van der Waals surface area contributed by atoms with Crippen molar-refractivity contribution in [3.8, 4) is 0 Å². The van der Waals surface area contributed by atoms with Crippen molar-refractivity contribution < 1.29 is 0 Å². The number of rotatable bonds is 7. The SMILES string of the molecule is Cc1ccccc1N(c1ccccc1C)C1CCC(NCCc2csc3ccccc23)CC1.Cl.Cl. The molecule has 0 unspecified atom stereocenters. The van der Waals surface area contributed by atoms with E-state index in [1.54, 1.807) is 0 Å². The normalized spacial score (nSPS) is 17.4. The van der Waals surface area contributed by atoms with Crippen LogP contribution in [0.3, 0.4) is 0 Å². The van der Waals surface area contributed by atoms with E-state index < -0.39 is 0 Å². The molecule has 0 radical (unpaired) electrons. The average Bonchev–Trinajstić information content (AvgIpc) is 3.26. The molecule has 0 atom stereocenters. The van der Waals surface area contributed by atoms with Crippen LogP contribution in [0.15, 0.2) is 78.2 Å². The molecule has 2 nitrogen and oxygen atoms in total. The molecule has 3 aromatic carbocycles. The van der Waals surface area contributed by atoms with Gasteiger partial charge in [-0.15, -0.1) is 36.2 Å². The van der Waals surface area contributed by atoms with Crippen molar-refractivity contribution in [1.82, 2.24) is 5.32 Å². The molecular formula is C30H36Cl2N2S. The van der Waals surface area contributed by atoms with E-state index in [0.29, 0.717) is 12.1 Å². The summed E-state index contributed by atoms with van der Waals surface area (Å²) in [6.07, 6.45) is 6.04. The van der Waals surface area contributed by atoms with E-state index in [1.165, 1.54) is 63.8 Å². The maximum absolute atomic E-state index is 3.87. The molecule has 5 heteroatoms. The first kappa shape index (κ1) is 27.5. The highest BCUT2D eigenvalue weighted by atomic mass is 35.5. The Morgan fingerprint density at radius 2 is 1.34 bits per heavy atom. The lowest BCUT2D eigenvalue weighted by atomic mass is 9.88. The Balaban J connectivity index is 0.00000171. The Bertz CT molecular complexity index is 1170. The number of nitrogens with one attached hydrogen (secondary N) is 1. The Morgan fingerprint density at radius 1 is 0.771 bits per heavy atom. The Kier molecular flexibility index (Phi) is 10.1. The van der Waals surface area contributed by atoms with Gasteiger partial charge in [0, 0.05) is 28.2 Å². The fourth-order valence-corrected chi connectivity index (χ4v) is 6.36. The molecule has 0 amide bonds. The van der Waals surface area contributed by atoms with Crippen molar-refractivity contribution >= 4 is 57.6 Å². The number of benzene rings is 3. The zero-order valence-corrected chi connectivity index (χ0v) is 23.0. The number of para-hydroxylation sites is 2. The van der Waals surface area contributed by atoms with Crippen LogP contribution in [0.4, 0.5) is 11.4 Å². The predicted molar refractivity (Wildman–Crippen MR) is 159 cm³/mol. The lowest BCUT2D eigenvalue weighted by Gasteiger charge is -2.40. The highest BCUT2D eigenvalue weighted by molar-refractivity contribution is 7.17. The van der Waals surface area contributed by atoms with E-state index in [1.807, 2.05) is 11.3 Å². The number of aryl methyl sites for hydroxylation is 2. The summed E-state index contributed by atoms with van der Waals surface area (Å²) in [5, 5.41) is 7.64. The molecule has 0 saturated heterocycles. The lowest BCUT2D eigenvalue weighted by Crippen LogP contribution is -2.41. The van der Waals surface area contributed by atoms with Gasteiger partial charge in [-0.05, 0) is 98.2 Å². The number of anilines is 2. The molecule has 0 spiro atoms. The summed E-state index contributed by atoms with van der Waals surface area (Å²) in [7, 11) is 0. The minimum atomic E-state index is 0. The van der Waals surface area contributed by atoms with Gasteiger partial charge in [0.1, 0.15) is 0 Å². The molecule has 35 heavy (non-hydrogen) atoms. The summed E-state index contributed by atoms with van der Waals surface area (Å²) < 4.78 is 1.40. The van der Waals surface area contributed by atoms with Crippen molar-refractivity contribution in [3.05, 3.63) is 94.9 Å². The number of hydrogen-bond donors (Lipinski definition) is 1. The number of fused-ring (bicyclic) bond motifs is 1. The number of hydrogen-bond acceptors (Lipinski definition) is 3. The third-order valence-electron chi connectivity index (χ3n) is 7.20. The van der Waals surface area contributed by atoms with Crippen LogP contribution in [0, 0.1) is 13.8 Å². The quantitative estimate of drug-likeness (QED) is 0.259. The van der Waals surface area contributed by atoms with Gasteiger partial charge in [-0.2, -0.15) is 0 Å². The lowest BCUT2D eigenvalue weighted by molar-refractivity contribution is 0.342. The van der Waals surface area contributed by atoms with Gasteiger partial charge in [-0.1, -0.05) is 54.6 Å². The van der Waals surface area contributed by atoms with Crippen LogP contribution in [0.5, 0.6) is 0 Å². The van der Waals surface area contributed by atoms with Crippen LogP contribution >= 0.6 is 36.2 Å². The minimum absolute atomic E-state index is 0. The summed E-state index contributed by atoms with van der Waals surface area (Å²) >= 11 is 1.87. The summed E-state index contributed by atoms with van der Waals surface area (Å²) in [5.41, 5.74) is 6.90. The first-order chi connectivity index (χ1) is 16.2. The van der Waals surface area contributed by atoms with E-state index in [4.69, 9.17) is 0 Å². The monoisotopic (exact) mass is 526 g/mol. The summed E-state index contributed by atoms with van der Waals surface area (Å²) in [4.78, 5) is 2.62. The molecule has 1 N–H and O–H groups in total. The van der Waals surface area contributed by atoms with Crippen LogP contribution in [0.2, 0.25) is 0 Å². The molecular weight excluding hydrogens is 491 g/mol. The molecule has 186 valence electrons. The maximum Gasteiger partial charge on any atom is 0.0443 e. The number of thiophene rings is 1. The largest absolute Gasteiger partial charge is 0.338 e. The first-order valence-corrected chi connectivity index (χ1v) is 13.2. The topological polar surface area (TPSA) is 15.3 Å². The Morgan fingerprint density at radius 3 is 1.97 bits per heavy atom. The smallest absolute Gasteiger partial charge is 0.0443 e. The van der Waals surface area contributed by atoms with Gasteiger partial charge in [0.15, 0.2) is 0 Å². The highest BCUT2D eigenvalue weighted by Crippen LogP contribution is 2.37. The molecule has 1 fully saturated rings. The van der Waals surface area contributed by atoms with Gasteiger partial charge in [0.25, 0.3) is 0 Å². The zero-order chi connectivity index (χ0) is 22.6. The van der Waals surface area contributed by atoms with Crippen LogP contribution in [-0.4, -0.2) is 18.6 Å². The molecule has 1 aromatic heterocycles. The molecule has 1 heterocycles. The van der Waals surface area contributed by atoms with Gasteiger partial charge in [0.05, 0.1) is 0 Å². The second-order valence-electron chi connectivity index (χ2n) is 9.41. The summed E-state index contributed by atoms with van der Waals surface area (Å²) in [5.74, 6) is 0. The van der Waals surface area contributed by atoms with Crippen LogP contribution < -0.4 is 10.2 Å². The standard InChI is InChI=1S/C30H34N2S.2ClH/c1-22-9-3-6-12-28(22)32(29-13-7-4-10-23(29)2)26-17-15-25(16-18-26)31-20-19-24-21-33-30-14-8-5-11-27(24)30;;/h3-14,21,25-26,31H,15-20H2,1-2H3;2*1H. The van der Waals surface area contributed by atoms with Crippen LogP contribution in [-0.2, 0) is 6.42 Å². The zero-order valence-electron chi connectivity index (χ0n) is 20.6. The van der Waals surface area contributed by atoms with E-state index in [0.717, 1.165) is 13.0 Å². The maximum atomic E-state index is 3.87. The van der Waals surface area contributed by atoms with Gasteiger partial charge in [0.2, 0.25) is 0 Å². The third kappa shape index (κ3) is 6.21. The Hall–Kier alpha value is -2.04. The van der Waals surface area contributed by atoms with E-state index in [2.05, 4.69) is 102 Å². The second kappa shape index (κ2) is 12.8. The molecule has 1 aliphatic carbocycles. The van der Waals surface area contributed by atoms with E-state index in [9.17, 15) is 0 Å². The van der Waals surface area contributed by atoms with Gasteiger partial charge >= 0.3 is 0 Å². The van der Waals surface area contributed by atoms with Crippen molar-refractivity contribution in [3.63, 3.8) is 0 Å². The third-order valence-corrected chi connectivity index (χ3v) is 8.21. The van der Waals surface area contributed by atoms with Crippen LogP contribution in [0.1, 0.15) is 42.4 Å². The van der Waals surface area contributed by atoms with Gasteiger partial charge in [-0.3, -0.25) is 0 Å². The molecule has 0 aliphatic heterocycles. The average molecular weight is 528 g/mol. The van der Waals surface area contributed by atoms with Crippen molar-refractivity contribution in [2.45, 2.75) is 58.0 Å². The molecule has 5 rings (SSSR count). The van der Waals surface area contributed by atoms with Crippen molar-refractivity contribution in [1.29, 1.82) is 0 Å². The highest BCUT2D eigenvalue weighted by Gasteiger charge is 2.28. The van der Waals surface area contributed by atoms with Crippen molar-refractivity contribution in [2.24, 2.45) is 0 Å². The molecule has 0 bridgehead atoms. The number of halogens is 2. The Labute approximate surface area is 226 Å². The van der Waals surface area contributed by atoms with E-state index >= 15 is 0 Å². The second-order valence-corrected chi connectivity index (χ2v) is 10.3. The predicted octanol–water partition coefficient (Wildman–Crippen LogP) is 8.64. The van der Waals surface area contributed by atoms with Crippen LogP contribution in [0.25, 0.3) is 10.1 Å². The fourth-order valence-electron chi connectivity index (χ4n) is 5.37. The minimum Gasteiger partial charge on any atom is -0.338 e. The molecule has 1 aliphatic rings. The van der Waals surface area contributed by atoms with Gasteiger partial charge in [-0.25, -0.2) is 0 Å². The fraction of sp³-hybridized carbons (Fsp3) is 0.333. The number of nitrogens with zero attached hydrogens (tertiary/aromatic N) is 1. The summed E-state index contributed by atoms with van der Waals surface area (Å²) in [6, 6.07) is 27.7. The summed E-state index contributed by atoms with van der Waals surface area (Å²) in [6.45, 7) is 5.54. The molecule has 1 saturated carbocycles. The molecule has 4 aromatic rings. The van der Waals surface area contributed by atoms with Crippen molar-refractivity contribution in [2.75, 3.05) is 11.4 Å². The van der Waals surface area contributed by atoms with E-state index in [-0.39, 0.29) is 24.8 Å². The van der Waals surface area contributed by atoms with Gasteiger partial charge < -0.3 is 10.2 Å².